The average Bonchev–Trinajstić information content (AvgIpc) is 2.26. The van der Waals surface area contributed by atoms with Gasteiger partial charge in [-0.25, -0.2) is 0 Å². The van der Waals surface area contributed by atoms with Crippen molar-refractivity contribution in [1.29, 1.82) is 0 Å². The lowest BCUT2D eigenvalue weighted by atomic mass is 10.1. The molecule has 1 unspecified atom stereocenters. The van der Waals surface area contributed by atoms with Gasteiger partial charge in [-0.1, -0.05) is 13.3 Å². The number of rotatable bonds is 4. The first-order valence-corrected chi connectivity index (χ1v) is 5.82. The lowest BCUT2D eigenvalue weighted by Gasteiger charge is -2.33. The second-order valence-electron chi connectivity index (χ2n) is 4.34. The Bertz CT molecular complexity index is 205. The number of piperazine rings is 1. The Balaban J connectivity index is 0.00000225. The van der Waals surface area contributed by atoms with Crippen molar-refractivity contribution in [3.8, 4) is 0 Å². The summed E-state index contributed by atoms with van der Waals surface area (Å²) in [5, 5.41) is 3.26. The van der Waals surface area contributed by atoms with Gasteiger partial charge in [0.1, 0.15) is 0 Å². The first-order chi connectivity index (χ1) is 7.16. The minimum absolute atomic E-state index is 0. The predicted octanol–water partition coefficient (Wildman–Crippen LogP) is 0.570. The summed E-state index contributed by atoms with van der Waals surface area (Å²) >= 11 is 0. The van der Waals surface area contributed by atoms with Crippen molar-refractivity contribution in [2.24, 2.45) is 0 Å². The summed E-state index contributed by atoms with van der Waals surface area (Å²) in [7, 11) is 3.97. The van der Waals surface area contributed by atoms with Gasteiger partial charge in [0, 0.05) is 26.2 Å². The van der Waals surface area contributed by atoms with E-state index in [1.807, 2.05) is 23.9 Å². The Hall–Kier alpha value is -0.320. The number of amides is 1. The number of carbonyl (C=O) groups excluding carboxylic acids is 1. The number of hydrogen-bond acceptors (Lipinski definition) is 3. The van der Waals surface area contributed by atoms with Crippen LogP contribution in [-0.2, 0) is 4.79 Å². The van der Waals surface area contributed by atoms with Crippen LogP contribution < -0.4 is 5.32 Å². The van der Waals surface area contributed by atoms with Crippen LogP contribution in [0.2, 0.25) is 0 Å². The van der Waals surface area contributed by atoms with Crippen LogP contribution in [0.1, 0.15) is 19.8 Å². The van der Waals surface area contributed by atoms with Crippen molar-refractivity contribution < 1.29 is 4.79 Å². The molecule has 0 aromatic carbocycles. The van der Waals surface area contributed by atoms with Crippen molar-refractivity contribution in [2.75, 3.05) is 40.3 Å². The van der Waals surface area contributed by atoms with E-state index in [1.165, 1.54) is 0 Å². The van der Waals surface area contributed by atoms with Gasteiger partial charge < -0.3 is 10.2 Å². The molecule has 1 N–H and O–H groups in total. The van der Waals surface area contributed by atoms with Crippen LogP contribution in [0.5, 0.6) is 0 Å². The summed E-state index contributed by atoms with van der Waals surface area (Å²) in [6, 6.07) is 0.0631. The topological polar surface area (TPSA) is 35.6 Å². The molecule has 1 heterocycles. The van der Waals surface area contributed by atoms with Gasteiger partial charge in [-0.15, -0.1) is 12.4 Å². The van der Waals surface area contributed by atoms with E-state index < -0.39 is 0 Å². The molecule has 5 heteroatoms. The van der Waals surface area contributed by atoms with Gasteiger partial charge in [-0.3, -0.25) is 9.69 Å². The highest BCUT2D eigenvalue weighted by molar-refractivity contribution is 5.85. The van der Waals surface area contributed by atoms with Crippen LogP contribution in [0.25, 0.3) is 0 Å². The third kappa shape index (κ3) is 4.28. The average molecular weight is 250 g/mol. The Morgan fingerprint density at radius 3 is 2.38 bits per heavy atom. The Morgan fingerprint density at radius 1 is 1.38 bits per heavy atom. The molecule has 1 aliphatic heterocycles. The Labute approximate surface area is 105 Å². The fourth-order valence-corrected chi connectivity index (χ4v) is 1.97. The number of nitrogens with zero attached hydrogens (tertiary/aromatic N) is 2. The molecule has 1 atom stereocenters. The van der Waals surface area contributed by atoms with Gasteiger partial charge in [-0.05, 0) is 20.5 Å². The van der Waals surface area contributed by atoms with Crippen LogP contribution in [0.15, 0.2) is 0 Å². The molecule has 1 aliphatic rings. The third-order valence-corrected chi connectivity index (χ3v) is 2.90. The monoisotopic (exact) mass is 249 g/mol. The first-order valence-electron chi connectivity index (χ1n) is 5.82. The SMILES string of the molecule is CCCC(C(=O)N1CCNCC1)N(C)C.Cl. The molecule has 0 spiro atoms. The summed E-state index contributed by atoms with van der Waals surface area (Å²) < 4.78 is 0. The summed E-state index contributed by atoms with van der Waals surface area (Å²) in [6.07, 6.45) is 2.01. The number of carbonyl (C=O) groups is 1. The molecule has 16 heavy (non-hydrogen) atoms. The maximum absolute atomic E-state index is 12.2. The van der Waals surface area contributed by atoms with E-state index in [0.717, 1.165) is 39.0 Å². The van der Waals surface area contributed by atoms with E-state index >= 15 is 0 Å². The fraction of sp³-hybridized carbons (Fsp3) is 0.909. The number of likely N-dealkylation sites (N-methyl/N-ethyl adjacent to an activating group) is 1. The molecular weight excluding hydrogens is 226 g/mol. The fourth-order valence-electron chi connectivity index (χ4n) is 1.97. The molecular formula is C11H24ClN3O. The lowest BCUT2D eigenvalue weighted by Crippen LogP contribution is -2.52. The lowest BCUT2D eigenvalue weighted by molar-refractivity contribution is -0.136. The number of hydrogen-bond donors (Lipinski definition) is 1. The molecule has 96 valence electrons. The summed E-state index contributed by atoms with van der Waals surface area (Å²) in [5.41, 5.74) is 0. The summed E-state index contributed by atoms with van der Waals surface area (Å²) in [5.74, 6) is 0.295. The highest BCUT2D eigenvalue weighted by atomic mass is 35.5. The van der Waals surface area contributed by atoms with Gasteiger partial charge in [0.2, 0.25) is 5.91 Å². The quantitative estimate of drug-likeness (QED) is 0.792. The van der Waals surface area contributed by atoms with Gasteiger partial charge in [0.15, 0.2) is 0 Å². The molecule has 0 aliphatic carbocycles. The second-order valence-corrected chi connectivity index (χ2v) is 4.34. The maximum Gasteiger partial charge on any atom is 0.239 e. The Kier molecular flexibility index (Phi) is 7.72. The van der Waals surface area contributed by atoms with Gasteiger partial charge in [0.05, 0.1) is 6.04 Å². The predicted molar refractivity (Wildman–Crippen MR) is 69.1 cm³/mol. The first kappa shape index (κ1) is 15.7. The van der Waals surface area contributed by atoms with Crippen molar-refractivity contribution >= 4 is 18.3 Å². The van der Waals surface area contributed by atoms with E-state index in [9.17, 15) is 4.79 Å². The molecule has 1 fully saturated rings. The van der Waals surface area contributed by atoms with E-state index in [1.54, 1.807) is 0 Å². The number of halogens is 1. The molecule has 0 aromatic rings. The molecule has 0 aromatic heterocycles. The van der Waals surface area contributed by atoms with Crippen molar-refractivity contribution in [3.63, 3.8) is 0 Å². The zero-order chi connectivity index (χ0) is 11.3. The van der Waals surface area contributed by atoms with Crippen LogP contribution >= 0.6 is 12.4 Å². The summed E-state index contributed by atoms with van der Waals surface area (Å²) in [6.45, 7) is 5.69. The molecule has 1 amide bonds. The Morgan fingerprint density at radius 2 is 1.94 bits per heavy atom. The summed E-state index contributed by atoms with van der Waals surface area (Å²) in [4.78, 5) is 16.2. The van der Waals surface area contributed by atoms with E-state index in [4.69, 9.17) is 0 Å². The van der Waals surface area contributed by atoms with Crippen molar-refractivity contribution in [3.05, 3.63) is 0 Å². The maximum atomic E-state index is 12.2. The van der Waals surface area contributed by atoms with E-state index in [0.29, 0.717) is 5.91 Å². The van der Waals surface area contributed by atoms with Gasteiger partial charge in [-0.2, -0.15) is 0 Å². The molecule has 0 saturated carbocycles. The van der Waals surface area contributed by atoms with Gasteiger partial charge in [0.25, 0.3) is 0 Å². The zero-order valence-electron chi connectivity index (χ0n) is 10.5. The molecule has 4 nitrogen and oxygen atoms in total. The largest absolute Gasteiger partial charge is 0.339 e. The van der Waals surface area contributed by atoms with Gasteiger partial charge >= 0.3 is 0 Å². The second kappa shape index (κ2) is 7.87. The molecule has 1 saturated heterocycles. The third-order valence-electron chi connectivity index (χ3n) is 2.90. The molecule has 0 bridgehead atoms. The van der Waals surface area contributed by atoms with Crippen LogP contribution in [0.4, 0.5) is 0 Å². The van der Waals surface area contributed by atoms with Crippen molar-refractivity contribution in [2.45, 2.75) is 25.8 Å². The highest BCUT2D eigenvalue weighted by Gasteiger charge is 2.25. The number of nitrogens with one attached hydrogen (secondary N) is 1. The zero-order valence-corrected chi connectivity index (χ0v) is 11.3. The standard InChI is InChI=1S/C11H23N3O.ClH/c1-4-5-10(13(2)3)11(15)14-8-6-12-7-9-14;/h10,12H,4-9H2,1-3H3;1H. The van der Waals surface area contributed by atoms with E-state index in [2.05, 4.69) is 12.2 Å². The van der Waals surface area contributed by atoms with Crippen LogP contribution in [-0.4, -0.2) is 62.0 Å². The minimum atomic E-state index is 0. The van der Waals surface area contributed by atoms with Crippen LogP contribution in [0, 0.1) is 0 Å². The highest BCUT2D eigenvalue weighted by Crippen LogP contribution is 2.08. The normalized spacial score (nSPS) is 18.1. The van der Waals surface area contributed by atoms with E-state index in [-0.39, 0.29) is 18.4 Å². The molecule has 0 radical (unpaired) electrons. The van der Waals surface area contributed by atoms with Crippen molar-refractivity contribution in [1.82, 2.24) is 15.1 Å². The minimum Gasteiger partial charge on any atom is -0.339 e. The van der Waals surface area contributed by atoms with Crippen LogP contribution in [0.3, 0.4) is 0 Å². The molecule has 1 rings (SSSR count). The smallest absolute Gasteiger partial charge is 0.239 e.